The molecule has 0 unspecified atom stereocenters. The van der Waals surface area contributed by atoms with Crippen LogP contribution in [0.15, 0.2) is 40.4 Å². The minimum absolute atomic E-state index is 0. The first-order chi connectivity index (χ1) is 6.79. The van der Waals surface area contributed by atoms with Gasteiger partial charge in [0, 0.05) is 16.6 Å². The molecule has 0 aliphatic heterocycles. The molecule has 1 atom stereocenters. The van der Waals surface area contributed by atoms with Gasteiger partial charge < -0.3 is 5.73 Å². The monoisotopic (exact) mass is 304 g/mol. The van der Waals surface area contributed by atoms with Crippen molar-refractivity contribution < 1.29 is 0 Å². The second kappa shape index (κ2) is 5.61. The molecule has 5 heteroatoms. The Morgan fingerprint density at radius 2 is 2.13 bits per heavy atom. The van der Waals surface area contributed by atoms with Gasteiger partial charge in [0.05, 0.1) is 6.04 Å². The molecule has 2 rings (SSSR count). The largest absolute Gasteiger partial charge is 0.320 e. The number of halogens is 2. The molecule has 2 nitrogen and oxygen atoms in total. The zero-order valence-corrected chi connectivity index (χ0v) is 11.0. The highest BCUT2D eigenvalue weighted by Gasteiger charge is 2.12. The predicted molar refractivity (Wildman–Crippen MR) is 69.5 cm³/mol. The minimum Gasteiger partial charge on any atom is -0.320 e. The average Bonchev–Trinajstić information content (AvgIpc) is 2.70. The maximum atomic E-state index is 6.10. The van der Waals surface area contributed by atoms with Crippen molar-refractivity contribution in [1.82, 2.24) is 4.98 Å². The van der Waals surface area contributed by atoms with Gasteiger partial charge in [0.25, 0.3) is 0 Å². The van der Waals surface area contributed by atoms with Crippen LogP contribution in [0.1, 0.15) is 16.5 Å². The lowest BCUT2D eigenvalue weighted by molar-refractivity contribution is 0.874. The topological polar surface area (TPSA) is 38.9 Å². The molecule has 15 heavy (non-hydrogen) atoms. The van der Waals surface area contributed by atoms with Gasteiger partial charge in [-0.2, -0.15) is 0 Å². The normalized spacial score (nSPS) is 11.9. The Morgan fingerprint density at radius 3 is 2.73 bits per heavy atom. The molecule has 0 saturated heterocycles. The third kappa shape index (κ3) is 2.78. The zero-order chi connectivity index (χ0) is 9.97. The fourth-order valence-corrected chi connectivity index (χ4v) is 2.49. The summed E-state index contributed by atoms with van der Waals surface area (Å²) in [6.45, 7) is 0. The van der Waals surface area contributed by atoms with Crippen LogP contribution in [-0.2, 0) is 0 Å². The molecular weight excluding hydrogens is 296 g/mol. The van der Waals surface area contributed by atoms with E-state index in [2.05, 4.69) is 20.9 Å². The summed E-state index contributed by atoms with van der Waals surface area (Å²) >= 11 is 5.06. The number of pyridine rings is 1. The number of nitrogens with two attached hydrogens (primary N) is 1. The van der Waals surface area contributed by atoms with Gasteiger partial charge in [0.15, 0.2) is 0 Å². The van der Waals surface area contributed by atoms with Crippen molar-refractivity contribution in [2.75, 3.05) is 0 Å². The van der Waals surface area contributed by atoms with Gasteiger partial charge in [0.1, 0.15) is 4.60 Å². The Hall–Kier alpha value is -0.420. The van der Waals surface area contributed by atoms with Crippen molar-refractivity contribution in [1.29, 1.82) is 0 Å². The molecule has 2 heterocycles. The van der Waals surface area contributed by atoms with Crippen LogP contribution >= 0.6 is 39.7 Å². The molecule has 0 amide bonds. The summed E-state index contributed by atoms with van der Waals surface area (Å²) < 4.78 is 0.820. The molecule has 2 aromatic rings. The van der Waals surface area contributed by atoms with E-state index in [-0.39, 0.29) is 18.4 Å². The quantitative estimate of drug-likeness (QED) is 0.864. The molecular formula is C10H10BrClN2S. The van der Waals surface area contributed by atoms with Gasteiger partial charge in [-0.05, 0) is 33.4 Å². The highest BCUT2D eigenvalue weighted by Crippen LogP contribution is 2.27. The Bertz CT molecular complexity index is 419. The maximum Gasteiger partial charge on any atom is 0.111 e. The molecule has 2 N–H and O–H groups in total. The van der Waals surface area contributed by atoms with E-state index in [1.54, 1.807) is 17.5 Å². The Kier molecular flexibility index (Phi) is 4.73. The lowest BCUT2D eigenvalue weighted by Crippen LogP contribution is -2.11. The number of aromatic nitrogens is 1. The maximum absolute atomic E-state index is 6.10. The summed E-state index contributed by atoms with van der Waals surface area (Å²) in [6.07, 6.45) is 1.74. The summed E-state index contributed by atoms with van der Waals surface area (Å²) in [4.78, 5) is 5.30. The molecule has 2 aromatic heterocycles. The van der Waals surface area contributed by atoms with Crippen LogP contribution in [-0.4, -0.2) is 4.98 Å². The molecule has 0 radical (unpaired) electrons. The van der Waals surface area contributed by atoms with Gasteiger partial charge in [-0.3, -0.25) is 0 Å². The number of hydrogen-bond donors (Lipinski definition) is 1. The zero-order valence-electron chi connectivity index (χ0n) is 7.76. The lowest BCUT2D eigenvalue weighted by atomic mass is 10.1. The third-order valence-corrected chi connectivity index (χ3v) is 3.59. The highest BCUT2D eigenvalue weighted by atomic mass is 79.9. The highest BCUT2D eigenvalue weighted by molar-refractivity contribution is 9.10. The molecule has 0 aliphatic carbocycles. The van der Waals surface area contributed by atoms with Crippen molar-refractivity contribution in [2.24, 2.45) is 5.73 Å². The van der Waals surface area contributed by atoms with Gasteiger partial charge in [-0.1, -0.05) is 12.1 Å². The standard InChI is InChI=1S/C10H9BrN2S.ClH/c11-10-7(3-1-5-13-10)9(12)8-4-2-6-14-8;/h1-6,9H,12H2;1H/t9-;/m0./s1. The molecule has 0 fully saturated rings. The van der Waals surface area contributed by atoms with E-state index in [0.29, 0.717) is 0 Å². The summed E-state index contributed by atoms with van der Waals surface area (Å²) in [5, 5.41) is 2.03. The second-order valence-corrected chi connectivity index (χ2v) is 4.61. The summed E-state index contributed by atoms with van der Waals surface area (Å²) in [7, 11) is 0. The summed E-state index contributed by atoms with van der Waals surface area (Å²) in [6, 6.07) is 7.84. The van der Waals surface area contributed by atoms with Crippen LogP contribution in [0.25, 0.3) is 0 Å². The molecule has 80 valence electrons. The third-order valence-electron chi connectivity index (χ3n) is 1.97. The van der Waals surface area contributed by atoms with Crippen molar-refractivity contribution in [3.8, 4) is 0 Å². The first-order valence-corrected chi connectivity index (χ1v) is 5.85. The van der Waals surface area contributed by atoms with Crippen molar-refractivity contribution >= 4 is 39.7 Å². The fourth-order valence-electron chi connectivity index (χ4n) is 1.25. The van der Waals surface area contributed by atoms with Crippen LogP contribution < -0.4 is 5.73 Å². The van der Waals surface area contributed by atoms with E-state index in [9.17, 15) is 0 Å². The molecule has 0 saturated carbocycles. The summed E-state index contributed by atoms with van der Waals surface area (Å²) in [5.41, 5.74) is 7.13. The molecule has 0 aromatic carbocycles. The number of hydrogen-bond acceptors (Lipinski definition) is 3. The number of rotatable bonds is 2. The summed E-state index contributed by atoms with van der Waals surface area (Å²) in [5.74, 6) is 0. The van der Waals surface area contributed by atoms with Crippen molar-refractivity contribution in [2.45, 2.75) is 6.04 Å². The van der Waals surface area contributed by atoms with E-state index >= 15 is 0 Å². The first kappa shape index (κ1) is 12.6. The fraction of sp³-hybridized carbons (Fsp3) is 0.100. The molecule has 0 bridgehead atoms. The van der Waals surface area contributed by atoms with Crippen LogP contribution in [0.2, 0.25) is 0 Å². The Balaban J connectivity index is 0.00000112. The van der Waals surface area contributed by atoms with Crippen LogP contribution in [0, 0.1) is 0 Å². The Morgan fingerprint density at radius 1 is 1.33 bits per heavy atom. The van der Waals surface area contributed by atoms with Crippen LogP contribution in [0.5, 0.6) is 0 Å². The van der Waals surface area contributed by atoms with Crippen molar-refractivity contribution in [3.63, 3.8) is 0 Å². The Labute approximate surface area is 107 Å². The predicted octanol–water partition coefficient (Wildman–Crippen LogP) is 3.38. The van der Waals surface area contributed by atoms with Gasteiger partial charge in [-0.15, -0.1) is 23.7 Å². The van der Waals surface area contributed by atoms with Gasteiger partial charge in [-0.25, -0.2) is 4.98 Å². The van der Waals surface area contributed by atoms with Gasteiger partial charge >= 0.3 is 0 Å². The number of nitrogens with zero attached hydrogens (tertiary/aromatic N) is 1. The molecule has 0 spiro atoms. The van der Waals surface area contributed by atoms with E-state index in [1.165, 1.54) is 0 Å². The van der Waals surface area contributed by atoms with E-state index in [1.807, 2.05) is 29.6 Å². The molecule has 0 aliphatic rings. The van der Waals surface area contributed by atoms with E-state index in [4.69, 9.17) is 5.73 Å². The van der Waals surface area contributed by atoms with Crippen molar-refractivity contribution in [3.05, 3.63) is 50.9 Å². The second-order valence-electron chi connectivity index (χ2n) is 2.88. The van der Waals surface area contributed by atoms with E-state index < -0.39 is 0 Å². The first-order valence-electron chi connectivity index (χ1n) is 4.18. The smallest absolute Gasteiger partial charge is 0.111 e. The van der Waals surface area contributed by atoms with Crippen LogP contribution in [0.3, 0.4) is 0 Å². The number of thiophene rings is 1. The average molecular weight is 306 g/mol. The van der Waals surface area contributed by atoms with Gasteiger partial charge in [0.2, 0.25) is 0 Å². The minimum atomic E-state index is -0.0851. The SMILES string of the molecule is Cl.N[C@H](c1cccs1)c1cccnc1Br. The lowest BCUT2D eigenvalue weighted by Gasteiger charge is -2.10. The van der Waals surface area contributed by atoms with Crippen LogP contribution in [0.4, 0.5) is 0 Å². The van der Waals surface area contributed by atoms with E-state index in [0.717, 1.165) is 15.0 Å².